The van der Waals surface area contributed by atoms with Crippen LogP contribution in [0.2, 0.25) is 0 Å². The van der Waals surface area contributed by atoms with Gasteiger partial charge in [0.05, 0.1) is 0 Å². The Balaban J connectivity index is 2.13. The van der Waals surface area contributed by atoms with E-state index >= 15 is 0 Å². The van der Waals surface area contributed by atoms with E-state index < -0.39 is 0 Å². The van der Waals surface area contributed by atoms with Crippen LogP contribution in [0, 0.1) is 17.8 Å². The molecule has 1 heterocycles. The molecule has 1 N–H and O–H groups in total. The molecule has 2 fully saturated rings. The Bertz CT molecular complexity index is 226. The highest BCUT2D eigenvalue weighted by molar-refractivity contribution is 4.99. The standard InChI is InChI=1S/C16H31N/c1-13(2)16(10-5-4-6-11-17-16)15-9-7-8-14(3)12-15/h13-15,17H,4-12H2,1-3H3. The van der Waals surface area contributed by atoms with Gasteiger partial charge in [-0.05, 0) is 50.0 Å². The van der Waals surface area contributed by atoms with E-state index in [2.05, 4.69) is 26.1 Å². The second-order valence-corrected chi connectivity index (χ2v) is 6.90. The summed E-state index contributed by atoms with van der Waals surface area (Å²) >= 11 is 0. The van der Waals surface area contributed by atoms with Crippen LogP contribution in [0.4, 0.5) is 0 Å². The van der Waals surface area contributed by atoms with Gasteiger partial charge in [0.2, 0.25) is 0 Å². The summed E-state index contributed by atoms with van der Waals surface area (Å²) in [6.07, 6.45) is 11.5. The van der Waals surface area contributed by atoms with Crippen molar-refractivity contribution in [2.24, 2.45) is 17.8 Å². The van der Waals surface area contributed by atoms with Gasteiger partial charge in [-0.3, -0.25) is 0 Å². The minimum atomic E-state index is 0.463. The number of rotatable bonds is 2. The highest BCUT2D eigenvalue weighted by Crippen LogP contribution is 2.42. The molecule has 1 saturated heterocycles. The van der Waals surface area contributed by atoms with E-state index in [1.807, 2.05) is 0 Å². The van der Waals surface area contributed by atoms with Gasteiger partial charge in [-0.2, -0.15) is 0 Å². The molecule has 17 heavy (non-hydrogen) atoms. The molecule has 1 saturated carbocycles. The monoisotopic (exact) mass is 237 g/mol. The Hall–Kier alpha value is -0.0400. The first-order chi connectivity index (χ1) is 8.15. The highest BCUT2D eigenvalue weighted by Gasteiger charge is 2.42. The molecule has 0 amide bonds. The molecule has 0 aromatic heterocycles. The van der Waals surface area contributed by atoms with Crippen molar-refractivity contribution in [2.75, 3.05) is 6.54 Å². The molecule has 1 heteroatoms. The molecule has 1 aliphatic heterocycles. The Morgan fingerprint density at radius 3 is 2.59 bits per heavy atom. The quantitative estimate of drug-likeness (QED) is 0.752. The van der Waals surface area contributed by atoms with Crippen molar-refractivity contribution in [1.82, 2.24) is 5.32 Å². The lowest BCUT2D eigenvalue weighted by Gasteiger charge is -2.47. The molecular weight excluding hydrogens is 206 g/mol. The van der Waals surface area contributed by atoms with Gasteiger partial charge >= 0.3 is 0 Å². The van der Waals surface area contributed by atoms with Gasteiger partial charge in [0.1, 0.15) is 0 Å². The van der Waals surface area contributed by atoms with Crippen LogP contribution in [-0.4, -0.2) is 12.1 Å². The highest BCUT2D eigenvalue weighted by atomic mass is 15.0. The van der Waals surface area contributed by atoms with Crippen LogP contribution in [0.15, 0.2) is 0 Å². The molecule has 2 aliphatic rings. The maximum absolute atomic E-state index is 3.98. The first-order valence-electron chi connectivity index (χ1n) is 7.90. The summed E-state index contributed by atoms with van der Waals surface area (Å²) < 4.78 is 0. The predicted octanol–water partition coefficient (Wildman–Crippen LogP) is 4.37. The lowest BCUT2D eigenvalue weighted by Crippen LogP contribution is -2.55. The van der Waals surface area contributed by atoms with E-state index in [1.54, 1.807) is 0 Å². The average molecular weight is 237 g/mol. The van der Waals surface area contributed by atoms with Crippen molar-refractivity contribution < 1.29 is 0 Å². The van der Waals surface area contributed by atoms with Gasteiger partial charge < -0.3 is 5.32 Å². The fraction of sp³-hybridized carbons (Fsp3) is 1.00. The van der Waals surface area contributed by atoms with Crippen molar-refractivity contribution in [2.45, 2.75) is 77.7 Å². The Morgan fingerprint density at radius 2 is 1.88 bits per heavy atom. The number of nitrogens with one attached hydrogen (secondary N) is 1. The van der Waals surface area contributed by atoms with E-state index in [0.29, 0.717) is 5.54 Å². The van der Waals surface area contributed by atoms with Crippen LogP contribution in [-0.2, 0) is 0 Å². The summed E-state index contributed by atoms with van der Waals surface area (Å²) in [6.45, 7) is 8.59. The molecule has 1 nitrogen and oxygen atoms in total. The molecule has 1 aliphatic carbocycles. The van der Waals surface area contributed by atoms with Gasteiger partial charge in [-0.1, -0.05) is 46.5 Å². The van der Waals surface area contributed by atoms with E-state index in [4.69, 9.17) is 0 Å². The first kappa shape index (κ1) is 13.4. The van der Waals surface area contributed by atoms with Gasteiger partial charge in [0, 0.05) is 5.54 Å². The summed E-state index contributed by atoms with van der Waals surface area (Å²) in [5, 5.41) is 3.98. The molecule has 0 aromatic rings. The fourth-order valence-corrected chi connectivity index (χ4v) is 4.34. The summed E-state index contributed by atoms with van der Waals surface area (Å²) in [6, 6.07) is 0. The summed E-state index contributed by atoms with van der Waals surface area (Å²) in [7, 11) is 0. The number of hydrogen-bond acceptors (Lipinski definition) is 1. The Kier molecular flexibility index (Phi) is 4.52. The predicted molar refractivity (Wildman–Crippen MR) is 75.2 cm³/mol. The molecule has 100 valence electrons. The van der Waals surface area contributed by atoms with Gasteiger partial charge in [0.15, 0.2) is 0 Å². The van der Waals surface area contributed by atoms with E-state index in [-0.39, 0.29) is 0 Å². The topological polar surface area (TPSA) is 12.0 Å². The van der Waals surface area contributed by atoms with Crippen molar-refractivity contribution in [3.05, 3.63) is 0 Å². The van der Waals surface area contributed by atoms with Crippen LogP contribution in [0.1, 0.15) is 72.1 Å². The van der Waals surface area contributed by atoms with Crippen LogP contribution in [0.5, 0.6) is 0 Å². The van der Waals surface area contributed by atoms with E-state index in [1.165, 1.54) is 57.9 Å². The van der Waals surface area contributed by atoms with Gasteiger partial charge in [-0.15, -0.1) is 0 Å². The van der Waals surface area contributed by atoms with Crippen LogP contribution in [0.25, 0.3) is 0 Å². The third-order valence-electron chi connectivity index (χ3n) is 5.42. The number of hydrogen-bond donors (Lipinski definition) is 1. The lowest BCUT2D eigenvalue weighted by atomic mass is 9.65. The first-order valence-corrected chi connectivity index (χ1v) is 7.90. The zero-order valence-electron chi connectivity index (χ0n) is 12.1. The Morgan fingerprint density at radius 1 is 1.06 bits per heavy atom. The second-order valence-electron chi connectivity index (χ2n) is 6.90. The summed E-state index contributed by atoms with van der Waals surface area (Å²) in [5.74, 6) is 2.68. The van der Waals surface area contributed by atoms with E-state index in [9.17, 15) is 0 Å². The second kappa shape index (κ2) is 5.73. The minimum absolute atomic E-state index is 0.463. The summed E-state index contributed by atoms with van der Waals surface area (Å²) in [5.41, 5.74) is 0.463. The normalized spacial score (nSPS) is 40.2. The van der Waals surface area contributed by atoms with Gasteiger partial charge in [-0.25, -0.2) is 0 Å². The zero-order chi connectivity index (χ0) is 12.3. The molecule has 2 rings (SSSR count). The Labute approximate surface area is 108 Å². The van der Waals surface area contributed by atoms with Gasteiger partial charge in [0.25, 0.3) is 0 Å². The van der Waals surface area contributed by atoms with Crippen LogP contribution in [0.3, 0.4) is 0 Å². The van der Waals surface area contributed by atoms with Crippen LogP contribution < -0.4 is 5.32 Å². The largest absolute Gasteiger partial charge is 0.311 e. The third kappa shape index (κ3) is 2.86. The van der Waals surface area contributed by atoms with Crippen molar-refractivity contribution in [3.63, 3.8) is 0 Å². The van der Waals surface area contributed by atoms with Crippen molar-refractivity contribution >= 4 is 0 Å². The zero-order valence-corrected chi connectivity index (χ0v) is 12.1. The maximum Gasteiger partial charge on any atom is 0.0232 e. The molecule has 0 radical (unpaired) electrons. The molecule has 0 aromatic carbocycles. The van der Waals surface area contributed by atoms with Crippen molar-refractivity contribution in [3.8, 4) is 0 Å². The van der Waals surface area contributed by atoms with Crippen LogP contribution >= 0.6 is 0 Å². The maximum atomic E-state index is 3.98. The fourth-order valence-electron chi connectivity index (χ4n) is 4.34. The molecular formula is C16H31N. The molecule has 0 bridgehead atoms. The van der Waals surface area contributed by atoms with Crippen molar-refractivity contribution in [1.29, 1.82) is 0 Å². The minimum Gasteiger partial charge on any atom is -0.311 e. The lowest BCUT2D eigenvalue weighted by molar-refractivity contribution is 0.0863. The SMILES string of the molecule is CC1CCCC(C2(C(C)C)CCCCCN2)C1. The van der Waals surface area contributed by atoms with E-state index in [0.717, 1.165) is 17.8 Å². The molecule has 0 spiro atoms. The molecule has 3 unspecified atom stereocenters. The third-order valence-corrected chi connectivity index (χ3v) is 5.42. The summed E-state index contributed by atoms with van der Waals surface area (Å²) in [4.78, 5) is 0. The average Bonchev–Trinajstić information content (AvgIpc) is 2.55. The molecule has 3 atom stereocenters. The smallest absolute Gasteiger partial charge is 0.0232 e.